The highest BCUT2D eigenvalue weighted by atomic mass is 16.5. The van der Waals surface area contributed by atoms with Crippen molar-refractivity contribution < 1.29 is 19.4 Å². The third-order valence-electron chi connectivity index (χ3n) is 2.71. The van der Waals surface area contributed by atoms with Gasteiger partial charge in [-0.2, -0.15) is 0 Å². The van der Waals surface area contributed by atoms with Crippen LogP contribution in [0.5, 0.6) is 0 Å². The van der Waals surface area contributed by atoms with E-state index in [1.807, 2.05) is 4.90 Å². The first-order chi connectivity index (χ1) is 9.20. The summed E-state index contributed by atoms with van der Waals surface area (Å²) in [6.07, 6.45) is 3.87. The van der Waals surface area contributed by atoms with Crippen molar-refractivity contribution in [3.8, 4) is 0 Å². The molecule has 1 aromatic heterocycles. The van der Waals surface area contributed by atoms with Gasteiger partial charge in [0.2, 0.25) is 0 Å². The van der Waals surface area contributed by atoms with Crippen LogP contribution in [-0.2, 0) is 9.47 Å². The molecule has 1 N–H and O–H groups in total. The maximum atomic E-state index is 11.2. The lowest BCUT2D eigenvalue weighted by Crippen LogP contribution is -2.30. The van der Waals surface area contributed by atoms with Gasteiger partial charge in [-0.1, -0.05) is 0 Å². The first-order valence-electron chi connectivity index (χ1n) is 6.10. The van der Waals surface area contributed by atoms with Gasteiger partial charge in [0.15, 0.2) is 0 Å². The van der Waals surface area contributed by atoms with Crippen molar-refractivity contribution in [2.45, 2.75) is 6.42 Å². The molecule has 0 saturated carbocycles. The summed E-state index contributed by atoms with van der Waals surface area (Å²) in [7, 11) is 3.26. The molecule has 6 heteroatoms. The van der Waals surface area contributed by atoms with Gasteiger partial charge < -0.3 is 19.5 Å². The van der Waals surface area contributed by atoms with Gasteiger partial charge in [0, 0.05) is 40.1 Å². The Morgan fingerprint density at radius 2 is 2.05 bits per heavy atom. The Labute approximate surface area is 113 Å². The summed E-state index contributed by atoms with van der Waals surface area (Å²) in [6, 6.07) is 1.51. The lowest BCUT2D eigenvalue weighted by molar-refractivity contribution is 0.0697. The van der Waals surface area contributed by atoms with E-state index in [2.05, 4.69) is 4.98 Å². The minimum Gasteiger partial charge on any atom is -0.478 e. The monoisotopic (exact) mass is 268 g/mol. The predicted molar refractivity (Wildman–Crippen MR) is 71.8 cm³/mol. The van der Waals surface area contributed by atoms with Gasteiger partial charge in [-0.3, -0.25) is 4.98 Å². The van der Waals surface area contributed by atoms with Crippen molar-refractivity contribution in [2.24, 2.45) is 0 Å². The molecule has 0 atom stereocenters. The number of nitrogens with zero attached hydrogens (tertiary/aromatic N) is 2. The van der Waals surface area contributed by atoms with Crippen molar-refractivity contribution in [3.05, 3.63) is 24.0 Å². The molecule has 0 fully saturated rings. The summed E-state index contributed by atoms with van der Waals surface area (Å²) in [5, 5.41) is 9.20. The maximum absolute atomic E-state index is 11.2. The average Bonchev–Trinajstić information content (AvgIpc) is 2.42. The fourth-order valence-electron chi connectivity index (χ4n) is 1.77. The summed E-state index contributed by atoms with van der Waals surface area (Å²) < 4.78 is 10.1. The molecule has 0 amide bonds. The number of rotatable bonds is 9. The van der Waals surface area contributed by atoms with Gasteiger partial charge >= 0.3 is 5.97 Å². The zero-order chi connectivity index (χ0) is 14.1. The van der Waals surface area contributed by atoms with Crippen LogP contribution in [0.4, 0.5) is 5.69 Å². The van der Waals surface area contributed by atoms with Gasteiger partial charge in [-0.15, -0.1) is 0 Å². The Bertz CT molecular complexity index is 398. The summed E-state index contributed by atoms with van der Waals surface area (Å²) in [4.78, 5) is 17.2. The SMILES string of the molecule is COCCCN(CCOC)c1cnccc1C(=O)O. The average molecular weight is 268 g/mol. The van der Waals surface area contributed by atoms with E-state index in [9.17, 15) is 9.90 Å². The van der Waals surface area contributed by atoms with Crippen molar-refractivity contribution in [1.29, 1.82) is 0 Å². The van der Waals surface area contributed by atoms with E-state index < -0.39 is 5.97 Å². The Hall–Kier alpha value is -1.66. The number of hydrogen-bond acceptors (Lipinski definition) is 5. The summed E-state index contributed by atoms with van der Waals surface area (Å²) in [5.41, 5.74) is 0.867. The summed E-state index contributed by atoms with van der Waals surface area (Å²) >= 11 is 0. The zero-order valence-electron chi connectivity index (χ0n) is 11.3. The Morgan fingerprint density at radius 1 is 1.32 bits per heavy atom. The number of hydrogen-bond donors (Lipinski definition) is 1. The minimum atomic E-state index is -0.952. The van der Waals surface area contributed by atoms with Crippen LogP contribution in [0.2, 0.25) is 0 Å². The number of carboxylic acid groups (broad SMARTS) is 1. The molecule has 0 aliphatic rings. The van der Waals surface area contributed by atoms with Crippen molar-refractivity contribution in [1.82, 2.24) is 4.98 Å². The van der Waals surface area contributed by atoms with Crippen LogP contribution in [0.3, 0.4) is 0 Å². The number of ether oxygens (including phenoxy) is 2. The molecular weight excluding hydrogens is 248 g/mol. The highest BCUT2D eigenvalue weighted by Gasteiger charge is 2.15. The van der Waals surface area contributed by atoms with Crippen LogP contribution >= 0.6 is 0 Å². The van der Waals surface area contributed by atoms with E-state index in [0.717, 1.165) is 6.42 Å². The van der Waals surface area contributed by atoms with E-state index in [1.165, 1.54) is 12.3 Å². The third-order valence-corrected chi connectivity index (χ3v) is 2.71. The summed E-state index contributed by atoms with van der Waals surface area (Å²) in [5.74, 6) is -0.952. The molecule has 0 saturated heterocycles. The number of aromatic carboxylic acids is 1. The third kappa shape index (κ3) is 4.84. The van der Waals surface area contributed by atoms with Crippen LogP contribution in [0, 0.1) is 0 Å². The number of carbonyl (C=O) groups is 1. The lowest BCUT2D eigenvalue weighted by atomic mass is 10.2. The first-order valence-corrected chi connectivity index (χ1v) is 6.10. The molecule has 1 aromatic rings. The first kappa shape index (κ1) is 15.4. The standard InChI is InChI=1S/C13H20N2O4/c1-18-8-3-6-15(7-9-19-2)12-10-14-5-4-11(12)13(16)17/h4-5,10H,3,6-9H2,1-2H3,(H,16,17). The predicted octanol–water partition coefficient (Wildman–Crippen LogP) is 1.27. The van der Waals surface area contributed by atoms with Gasteiger partial charge in [0.05, 0.1) is 24.1 Å². The second-order valence-corrected chi connectivity index (χ2v) is 4.02. The van der Waals surface area contributed by atoms with E-state index in [1.54, 1.807) is 20.4 Å². The second-order valence-electron chi connectivity index (χ2n) is 4.02. The number of carboxylic acids is 1. The van der Waals surface area contributed by atoms with Crippen molar-refractivity contribution in [2.75, 3.05) is 45.4 Å². The largest absolute Gasteiger partial charge is 0.478 e. The smallest absolute Gasteiger partial charge is 0.337 e. The second kappa shape index (κ2) is 8.44. The minimum absolute atomic E-state index is 0.253. The normalized spacial score (nSPS) is 10.4. The van der Waals surface area contributed by atoms with Gasteiger partial charge in [-0.05, 0) is 12.5 Å². The molecule has 106 valence electrons. The van der Waals surface area contributed by atoms with Gasteiger partial charge in [0.25, 0.3) is 0 Å². The fourth-order valence-corrected chi connectivity index (χ4v) is 1.77. The fraction of sp³-hybridized carbons (Fsp3) is 0.538. The van der Waals surface area contributed by atoms with Crippen LogP contribution in [-0.4, -0.2) is 56.6 Å². The Morgan fingerprint density at radius 3 is 2.68 bits per heavy atom. The molecule has 0 unspecified atom stereocenters. The van der Waals surface area contributed by atoms with Crippen LogP contribution < -0.4 is 4.90 Å². The van der Waals surface area contributed by atoms with E-state index >= 15 is 0 Å². The molecule has 0 bridgehead atoms. The van der Waals surface area contributed by atoms with Gasteiger partial charge in [0.1, 0.15) is 0 Å². The number of anilines is 1. The molecule has 0 aliphatic heterocycles. The molecular formula is C13H20N2O4. The summed E-state index contributed by atoms with van der Waals surface area (Å²) in [6.45, 7) is 2.47. The number of methoxy groups -OCH3 is 2. The maximum Gasteiger partial charge on any atom is 0.337 e. The molecule has 19 heavy (non-hydrogen) atoms. The quantitative estimate of drug-likeness (QED) is 0.680. The topological polar surface area (TPSA) is 71.9 Å². The molecule has 0 radical (unpaired) electrons. The Kier molecular flexibility index (Phi) is 6.84. The molecule has 0 aromatic carbocycles. The molecule has 0 spiro atoms. The van der Waals surface area contributed by atoms with Crippen LogP contribution in [0.1, 0.15) is 16.8 Å². The highest BCUT2D eigenvalue weighted by molar-refractivity contribution is 5.94. The molecule has 1 rings (SSSR count). The van der Waals surface area contributed by atoms with Crippen LogP contribution in [0.15, 0.2) is 18.5 Å². The van der Waals surface area contributed by atoms with E-state index in [-0.39, 0.29) is 5.56 Å². The molecule has 1 heterocycles. The van der Waals surface area contributed by atoms with Crippen molar-refractivity contribution >= 4 is 11.7 Å². The van der Waals surface area contributed by atoms with Crippen LogP contribution in [0.25, 0.3) is 0 Å². The zero-order valence-corrected chi connectivity index (χ0v) is 11.3. The lowest BCUT2D eigenvalue weighted by Gasteiger charge is -2.25. The molecule has 6 nitrogen and oxygen atoms in total. The van der Waals surface area contributed by atoms with E-state index in [0.29, 0.717) is 32.0 Å². The Balaban J connectivity index is 2.85. The van der Waals surface area contributed by atoms with Crippen molar-refractivity contribution in [3.63, 3.8) is 0 Å². The van der Waals surface area contributed by atoms with E-state index in [4.69, 9.17) is 9.47 Å². The number of aromatic nitrogens is 1. The van der Waals surface area contributed by atoms with Gasteiger partial charge in [-0.25, -0.2) is 4.79 Å². The molecule has 0 aliphatic carbocycles. The highest BCUT2D eigenvalue weighted by Crippen LogP contribution is 2.19. The number of pyridine rings is 1.